The number of methoxy groups -OCH3 is 1. The normalized spacial score (nSPS) is 14.8. The van der Waals surface area contributed by atoms with Crippen LogP contribution in [0.25, 0.3) is 11.0 Å². The monoisotopic (exact) mass is 470 g/mol. The molecule has 4 aromatic rings. The van der Waals surface area contributed by atoms with Gasteiger partial charge in [0.15, 0.2) is 0 Å². The third-order valence-corrected chi connectivity index (χ3v) is 6.60. The van der Waals surface area contributed by atoms with Crippen LogP contribution in [-0.2, 0) is 17.8 Å². The van der Waals surface area contributed by atoms with E-state index < -0.39 is 0 Å². The second-order valence-electron chi connectivity index (χ2n) is 8.95. The lowest BCUT2D eigenvalue weighted by molar-refractivity contribution is 0.0601. The number of hydrogen-bond acceptors (Lipinski definition) is 6. The van der Waals surface area contributed by atoms with Gasteiger partial charge in [-0.1, -0.05) is 36.4 Å². The molecule has 1 aliphatic rings. The second kappa shape index (κ2) is 10.7. The maximum atomic E-state index is 11.8. The summed E-state index contributed by atoms with van der Waals surface area (Å²) in [7, 11) is 1.39. The zero-order valence-corrected chi connectivity index (χ0v) is 19.9. The number of piperidine rings is 1. The molecule has 1 N–H and O–H groups in total. The molecule has 5 rings (SSSR count). The van der Waals surface area contributed by atoms with Gasteiger partial charge in [0.2, 0.25) is 5.88 Å². The number of aromatic amines is 1. The van der Waals surface area contributed by atoms with Gasteiger partial charge in [0.1, 0.15) is 12.4 Å². The van der Waals surface area contributed by atoms with Crippen molar-refractivity contribution in [3.05, 3.63) is 89.4 Å². The first kappa shape index (κ1) is 23.1. The summed E-state index contributed by atoms with van der Waals surface area (Å²) in [4.78, 5) is 27.1. The van der Waals surface area contributed by atoms with Crippen molar-refractivity contribution in [1.82, 2.24) is 19.9 Å². The number of imidazole rings is 1. The zero-order chi connectivity index (χ0) is 24.0. The maximum absolute atomic E-state index is 11.8. The molecule has 2 aromatic carbocycles. The fourth-order valence-electron chi connectivity index (χ4n) is 4.61. The van der Waals surface area contributed by atoms with Gasteiger partial charge in [-0.3, -0.25) is 0 Å². The number of nitrogens with one attached hydrogen (secondary N) is 1. The molecule has 0 spiro atoms. The summed E-state index contributed by atoms with van der Waals surface area (Å²) in [5.74, 6) is 1.74. The summed E-state index contributed by atoms with van der Waals surface area (Å²) in [6.07, 6.45) is 3.00. The number of pyridine rings is 1. The van der Waals surface area contributed by atoms with Gasteiger partial charge in [0.05, 0.1) is 23.7 Å². The Morgan fingerprint density at radius 1 is 1.03 bits per heavy atom. The van der Waals surface area contributed by atoms with Crippen molar-refractivity contribution >= 4 is 17.0 Å². The van der Waals surface area contributed by atoms with Crippen LogP contribution in [0.4, 0.5) is 0 Å². The van der Waals surface area contributed by atoms with Gasteiger partial charge < -0.3 is 19.4 Å². The summed E-state index contributed by atoms with van der Waals surface area (Å²) in [5, 5.41) is 0. The van der Waals surface area contributed by atoms with E-state index in [9.17, 15) is 4.79 Å². The quantitative estimate of drug-likeness (QED) is 0.375. The molecule has 0 amide bonds. The number of H-pyrrole nitrogens is 1. The van der Waals surface area contributed by atoms with E-state index in [1.807, 2.05) is 36.4 Å². The standard InChI is InChI=1S/C28H30N4O3/c1-34-28(33)22-10-11-24-25(18-22)30-26(29-24)14-17-32-15-12-21(13-16-32)23-8-5-9-27(31-23)35-19-20-6-3-2-4-7-20/h2-11,18,21H,12-17,19H2,1H3,(H,29,30). The Kier molecular flexibility index (Phi) is 7.04. The lowest BCUT2D eigenvalue weighted by atomic mass is 9.93. The summed E-state index contributed by atoms with van der Waals surface area (Å²) >= 11 is 0. The SMILES string of the molecule is COC(=O)c1ccc2nc(CCN3CCC(c4cccc(OCc5ccccc5)n4)CC3)[nH]c2c1. The summed E-state index contributed by atoms with van der Waals surface area (Å²) in [6, 6.07) is 21.7. The highest BCUT2D eigenvalue weighted by atomic mass is 16.5. The fourth-order valence-corrected chi connectivity index (χ4v) is 4.61. The highest BCUT2D eigenvalue weighted by Crippen LogP contribution is 2.28. The molecule has 3 heterocycles. The van der Waals surface area contributed by atoms with Crippen molar-refractivity contribution in [1.29, 1.82) is 0 Å². The van der Waals surface area contributed by atoms with Crippen LogP contribution in [0.3, 0.4) is 0 Å². The van der Waals surface area contributed by atoms with Crippen LogP contribution in [0, 0.1) is 0 Å². The Balaban J connectivity index is 1.12. The van der Waals surface area contributed by atoms with Gasteiger partial charge in [0.25, 0.3) is 0 Å². The Hall–Kier alpha value is -3.71. The van der Waals surface area contributed by atoms with Crippen molar-refractivity contribution in [2.24, 2.45) is 0 Å². The lowest BCUT2D eigenvalue weighted by Crippen LogP contribution is -2.34. The molecule has 180 valence electrons. The van der Waals surface area contributed by atoms with Crippen LogP contribution in [0.2, 0.25) is 0 Å². The predicted molar refractivity (Wildman–Crippen MR) is 135 cm³/mol. The van der Waals surface area contributed by atoms with Crippen molar-refractivity contribution in [2.75, 3.05) is 26.7 Å². The van der Waals surface area contributed by atoms with Gasteiger partial charge in [0, 0.05) is 30.6 Å². The van der Waals surface area contributed by atoms with E-state index in [4.69, 9.17) is 14.5 Å². The summed E-state index contributed by atoms with van der Waals surface area (Å²) < 4.78 is 10.7. The molecule has 2 aromatic heterocycles. The van der Waals surface area contributed by atoms with Gasteiger partial charge in [-0.2, -0.15) is 0 Å². The minimum atomic E-state index is -0.339. The predicted octanol–water partition coefficient (Wildman–Crippen LogP) is 4.75. The van der Waals surface area contributed by atoms with E-state index in [1.54, 1.807) is 12.1 Å². The van der Waals surface area contributed by atoms with Crippen molar-refractivity contribution in [3.63, 3.8) is 0 Å². The van der Waals surface area contributed by atoms with Gasteiger partial charge in [-0.05, 0) is 55.8 Å². The molecule has 1 saturated heterocycles. The number of carbonyl (C=O) groups is 1. The Bertz CT molecular complexity index is 1280. The van der Waals surface area contributed by atoms with Crippen LogP contribution < -0.4 is 4.74 Å². The van der Waals surface area contributed by atoms with Crippen LogP contribution in [0.5, 0.6) is 5.88 Å². The topological polar surface area (TPSA) is 80.3 Å². The molecule has 35 heavy (non-hydrogen) atoms. The first-order chi connectivity index (χ1) is 17.2. The van der Waals surface area contributed by atoms with Crippen LogP contribution >= 0.6 is 0 Å². The van der Waals surface area contributed by atoms with Gasteiger partial charge in [-0.15, -0.1) is 0 Å². The second-order valence-corrected chi connectivity index (χ2v) is 8.95. The third-order valence-electron chi connectivity index (χ3n) is 6.60. The Morgan fingerprint density at radius 2 is 1.86 bits per heavy atom. The van der Waals surface area contributed by atoms with E-state index in [1.165, 1.54) is 7.11 Å². The molecule has 7 heteroatoms. The number of fused-ring (bicyclic) bond motifs is 1. The Labute approximate surface area is 205 Å². The number of carbonyl (C=O) groups excluding carboxylic acids is 1. The number of nitrogens with zero attached hydrogens (tertiary/aromatic N) is 3. The average Bonchev–Trinajstić information content (AvgIpc) is 3.33. The van der Waals surface area contributed by atoms with E-state index >= 15 is 0 Å². The number of likely N-dealkylation sites (tertiary alicyclic amines) is 1. The largest absolute Gasteiger partial charge is 0.473 e. The maximum Gasteiger partial charge on any atom is 0.337 e. The minimum absolute atomic E-state index is 0.339. The molecule has 0 aliphatic carbocycles. The number of esters is 1. The lowest BCUT2D eigenvalue weighted by Gasteiger charge is -2.31. The van der Waals surface area contributed by atoms with E-state index in [0.717, 1.165) is 67.0 Å². The average molecular weight is 471 g/mol. The highest BCUT2D eigenvalue weighted by molar-refractivity contribution is 5.93. The molecule has 0 radical (unpaired) electrons. The smallest absolute Gasteiger partial charge is 0.337 e. The molecule has 1 fully saturated rings. The molecule has 1 aliphatic heterocycles. The van der Waals surface area contributed by atoms with E-state index in [0.29, 0.717) is 24.0 Å². The molecular weight excluding hydrogens is 440 g/mol. The van der Waals surface area contributed by atoms with Gasteiger partial charge >= 0.3 is 5.97 Å². The van der Waals surface area contributed by atoms with Crippen molar-refractivity contribution in [3.8, 4) is 5.88 Å². The van der Waals surface area contributed by atoms with E-state index in [2.05, 4.69) is 33.1 Å². The van der Waals surface area contributed by atoms with Gasteiger partial charge in [-0.25, -0.2) is 14.8 Å². The molecule has 7 nitrogen and oxygen atoms in total. The van der Waals surface area contributed by atoms with Crippen molar-refractivity contribution < 1.29 is 14.3 Å². The molecule has 0 bridgehead atoms. The number of ether oxygens (including phenoxy) is 2. The Morgan fingerprint density at radius 3 is 2.66 bits per heavy atom. The molecular formula is C28H30N4O3. The molecule has 0 atom stereocenters. The third kappa shape index (κ3) is 5.69. The minimum Gasteiger partial charge on any atom is -0.473 e. The number of benzene rings is 2. The number of hydrogen-bond donors (Lipinski definition) is 1. The van der Waals surface area contributed by atoms with E-state index in [-0.39, 0.29) is 5.97 Å². The molecule has 0 saturated carbocycles. The first-order valence-corrected chi connectivity index (χ1v) is 12.1. The zero-order valence-electron chi connectivity index (χ0n) is 19.9. The fraction of sp³-hybridized carbons (Fsp3) is 0.321. The highest BCUT2D eigenvalue weighted by Gasteiger charge is 2.22. The van der Waals surface area contributed by atoms with Crippen molar-refractivity contribution in [2.45, 2.75) is 31.8 Å². The van der Waals surface area contributed by atoms with Crippen LogP contribution in [0.15, 0.2) is 66.7 Å². The number of aromatic nitrogens is 3. The summed E-state index contributed by atoms with van der Waals surface area (Å²) in [5.41, 5.74) is 4.52. The number of rotatable bonds is 8. The van der Waals surface area contributed by atoms with Crippen LogP contribution in [0.1, 0.15) is 46.2 Å². The summed E-state index contributed by atoms with van der Waals surface area (Å²) in [6.45, 7) is 3.55. The molecule has 0 unspecified atom stereocenters. The van der Waals surface area contributed by atoms with Crippen LogP contribution in [-0.4, -0.2) is 52.6 Å². The first-order valence-electron chi connectivity index (χ1n) is 12.1.